The summed E-state index contributed by atoms with van der Waals surface area (Å²) in [5, 5.41) is 13.7. The number of nitrogens with one attached hydrogen (secondary N) is 1. The molecular weight excluding hydrogens is 300 g/mol. The van der Waals surface area contributed by atoms with Gasteiger partial charge in [-0.1, -0.05) is 11.6 Å². The summed E-state index contributed by atoms with van der Waals surface area (Å²) < 4.78 is 6.26. The van der Waals surface area contributed by atoms with Gasteiger partial charge in [0.15, 0.2) is 0 Å². The van der Waals surface area contributed by atoms with Gasteiger partial charge in [0.2, 0.25) is 0 Å². The summed E-state index contributed by atoms with van der Waals surface area (Å²) in [7, 11) is 0. The van der Waals surface area contributed by atoms with Crippen molar-refractivity contribution in [3.63, 3.8) is 0 Å². The van der Waals surface area contributed by atoms with Gasteiger partial charge in [0, 0.05) is 30.1 Å². The predicted molar refractivity (Wildman–Crippen MR) is 79.6 cm³/mol. The second-order valence-electron chi connectivity index (χ2n) is 3.98. The quantitative estimate of drug-likeness (QED) is 0.483. The van der Waals surface area contributed by atoms with E-state index >= 15 is 0 Å². The maximum Gasteiger partial charge on any atom is 0.269 e. The van der Waals surface area contributed by atoms with Crippen LogP contribution in [0.5, 0.6) is 5.75 Å². The van der Waals surface area contributed by atoms with Crippen molar-refractivity contribution in [2.24, 2.45) is 0 Å². The number of thiophene rings is 1. The number of halogens is 1. The zero-order valence-electron chi connectivity index (χ0n) is 10.5. The highest BCUT2D eigenvalue weighted by Gasteiger charge is 2.04. The summed E-state index contributed by atoms with van der Waals surface area (Å²) in [4.78, 5) is 11.2. The minimum Gasteiger partial charge on any atom is -0.492 e. The van der Waals surface area contributed by atoms with E-state index in [1.54, 1.807) is 23.5 Å². The third-order valence-corrected chi connectivity index (χ3v) is 3.75. The lowest BCUT2D eigenvalue weighted by Crippen LogP contribution is -2.20. The molecule has 106 valence electrons. The van der Waals surface area contributed by atoms with Crippen molar-refractivity contribution >= 4 is 28.6 Å². The van der Waals surface area contributed by atoms with Crippen molar-refractivity contribution in [2.75, 3.05) is 13.2 Å². The fourth-order valence-electron chi connectivity index (χ4n) is 1.56. The molecule has 0 aliphatic rings. The molecule has 0 saturated heterocycles. The Morgan fingerprint density at radius 2 is 2.00 bits per heavy atom. The molecule has 0 fully saturated rings. The topological polar surface area (TPSA) is 64.4 Å². The summed E-state index contributed by atoms with van der Waals surface area (Å²) >= 11 is 7.38. The van der Waals surface area contributed by atoms with E-state index < -0.39 is 4.92 Å². The Morgan fingerprint density at radius 1 is 1.25 bits per heavy atom. The van der Waals surface area contributed by atoms with Gasteiger partial charge >= 0.3 is 0 Å². The molecule has 0 spiro atoms. The van der Waals surface area contributed by atoms with Crippen LogP contribution >= 0.6 is 22.9 Å². The lowest BCUT2D eigenvalue weighted by Gasteiger charge is -2.06. The standard InChI is InChI=1S/C13H13ClN2O3S/c14-13-6-5-12(20-13)9-15-7-8-19-11-3-1-10(2-4-11)16(17)18/h1-6,15H,7-9H2. The second kappa shape index (κ2) is 7.23. The van der Waals surface area contributed by atoms with E-state index in [1.807, 2.05) is 12.1 Å². The van der Waals surface area contributed by atoms with Crippen molar-refractivity contribution in [3.05, 3.63) is 55.7 Å². The lowest BCUT2D eigenvalue weighted by atomic mass is 10.3. The Hall–Kier alpha value is -1.63. The maximum atomic E-state index is 10.5. The van der Waals surface area contributed by atoms with Crippen LogP contribution in [0, 0.1) is 10.1 Å². The van der Waals surface area contributed by atoms with E-state index in [2.05, 4.69) is 5.32 Å². The minimum atomic E-state index is -0.433. The molecule has 1 aromatic carbocycles. The Morgan fingerprint density at radius 3 is 2.60 bits per heavy atom. The number of non-ortho nitro benzene ring substituents is 1. The summed E-state index contributed by atoms with van der Waals surface area (Å²) in [6, 6.07) is 9.90. The first-order chi connectivity index (χ1) is 9.65. The van der Waals surface area contributed by atoms with E-state index in [-0.39, 0.29) is 5.69 Å². The first-order valence-electron chi connectivity index (χ1n) is 5.97. The number of benzene rings is 1. The fourth-order valence-corrected chi connectivity index (χ4v) is 2.62. The number of nitro groups is 1. The van der Waals surface area contributed by atoms with E-state index in [4.69, 9.17) is 16.3 Å². The monoisotopic (exact) mass is 312 g/mol. The van der Waals surface area contributed by atoms with E-state index in [0.717, 1.165) is 10.9 Å². The molecule has 1 N–H and O–H groups in total. The van der Waals surface area contributed by atoms with Crippen LogP contribution in [0.1, 0.15) is 4.88 Å². The van der Waals surface area contributed by atoms with Crippen LogP contribution in [0.15, 0.2) is 36.4 Å². The third kappa shape index (κ3) is 4.48. The molecule has 2 rings (SSSR count). The first-order valence-corrected chi connectivity index (χ1v) is 7.17. The van der Waals surface area contributed by atoms with Gasteiger partial charge in [-0.25, -0.2) is 0 Å². The summed E-state index contributed by atoms with van der Waals surface area (Å²) in [6.45, 7) is 1.93. The average Bonchev–Trinajstić information content (AvgIpc) is 2.84. The molecule has 0 amide bonds. The third-order valence-electron chi connectivity index (χ3n) is 2.52. The van der Waals surface area contributed by atoms with E-state index in [0.29, 0.717) is 18.9 Å². The van der Waals surface area contributed by atoms with Gasteiger partial charge in [-0.05, 0) is 24.3 Å². The Bertz CT molecular complexity index is 571. The highest BCUT2D eigenvalue weighted by molar-refractivity contribution is 7.16. The fraction of sp³-hybridized carbons (Fsp3) is 0.231. The molecule has 20 heavy (non-hydrogen) atoms. The summed E-state index contributed by atoms with van der Waals surface area (Å²) in [5.41, 5.74) is 0.0602. The van der Waals surface area contributed by atoms with Crippen molar-refractivity contribution < 1.29 is 9.66 Å². The van der Waals surface area contributed by atoms with Crippen molar-refractivity contribution in [1.82, 2.24) is 5.32 Å². The number of nitrogens with zero attached hydrogens (tertiary/aromatic N) is 1. The zero-order chi connectivity index (χ0) is 14.4. The maximum absolute atomic E-state index is 10.5. The highest BCUT2D eigenvalue weighted by Crippen LogP contribution is 2.21. The normalized spacial score (nSPS) is 10.4. The molecule has 0 bridgehead atoms. The molecular formula is C13H13ClN2O3S. The Balaban J connectivity index is 1.66. The predicted octanol–water partition coefficient (Wildman–Crippen LogP) is 3.48. The number of hydrogen-bond donors (Lipinski definition) is 1. The molecule has 1 heterocycles. The van der Waals surface area contributed by atoms with Crippen LogP contribution < -0.4 is 10.1 Å². The van der Waals surface area contributed by atoms with Crippen LogP contribution in [0.4, 0.5) is 5.69 Å². The zero-order valence-corrected chi connectivity index (χ0v) is 12.1. The van der Waals surface area contributed by atoms with Gasteiger partial charge in [0.05, 0.1) is 9.26 Å². The molecule has 0 radical (unpaired) electrons. The van der Waals surface area contributed by atoms with Gasteiger partial charge in [-0.2, -0.15) is 0 Å². The summed E-state index contributed by atoms with van der Waals surface area (Å²) in [5.74, 6) is 0.622. The van der Waals surface area contributed by atoms with Gasteiger partial charge in [-0.3, -0.25) is 10.1 Å². The molecule has 0 saturated carbocycles. The molecule has 2 aromatic rings. The number of ether oxygens (including phenoxy) is 1. The van der Waals surface area contributed by atoms with Crippen LogP contribution in [0.3, 0.4) is 0 Å². The molecule has 0 aliphatic heterocycles. The van der Waals surface area contributed by atoms with Crippen molar-refractivity contribution in [3.8, 4) is 5.75 Å². The smallest absolute Gasteiger partial charge is 0.269 e. The first kappa shape index (κ1) is 14.8. The molecule has 0 atom stereocenters. The number of rotatable bonds is 7. The van der Waals surface area contributed by atoms with E-state index in [9.17, 15) is 10.1 Å². The average molecular weight is 313 g/mol. The minimum absolute atomic E-state index is 0.0602. The van der Waals surface area contributed by atoms with Crippen LogP contribution in [-0.4, -0.2) is 18.1 Å². The SMILES string of the molecule is O=[N+]([O-])c1ccc(OCCNCc2ccc(Cl)s2)cc1. The second-order valence-corrected chi connectivity index (χ2v) is 5.78. The van der Waals surface area contributed by atoms with Gasteiger partial charge < -0.3 is 10.1 Å². The van der Waals surface area contributed by atoms with Gasteiger partial charge in [0.25, 0.3) is 5.69 Å². The highest BCUT2D eigenvalue weighted by atomic mass is 35.5. The molecule has 0 aliphatic carbocycles. The van der Waals surface area contributed by atoms with Crippen LogP contribution in [0.25, 0.3) is 0 Å². The Kier molecular flexibility index (Phi) is 5.34. The van der Waals surface area contributed by atoms with Crippen LogP contribution in [0.2, 0.25) is 4.34 Å². The molecule has 7 heteroatoms. The molecule has 1 aromatic heterocycles. The lowest BCUT2D eigenvalue weighted by molar-refractivity contribution is -0.384. The van der Waals surface area contributed by atoms with E-state index in [1.165, 1.54) is 17.0 Å². The largest absolute Gasteiger partial charge is 0.492 e. The number of hydrogen-bond acceptors (Lipinski definition) is 5. The molecule has 5 nitrogen and oxygen atoms in total. The van der Waals surface area contributed by atoms with Crippen LogP contribution in [-0.2, 0) is 6.54 Å². The van der Waals surface area contributed by atoms with Gasteiger partial charge in [0.1, 0.15) is 12.4 Å². The summed E-state index contributed by atoms with van der Waals surface area (Å²) in [6.07, 6.45) is 0. The molecule has 0 unspecified atom stereocenters. The van der Waals surface area contributed by atoms with Gasteiger partial charge in [-0.15, -0.1) is 11.3 Å². The van der Waals surface area contributed by atoms with Crippen molar-refractivity contribution in [1.29, 1.82) is 0 Å². The Labute approximate surface area is 125 Å². The number of nitro benzene ring substituents is 1. The van der Waals surface area contributed by atoms with Crippen molar-refractivity contribution in [2.45, 2.75) is 6.54 Å².